The van der Waals surface area contributed by atoms with Crippen molar-refractivity contribution in [3.8, 4) is 0 Å². The minimum absolute atomic E-state index is 0.0647. The van der Waals surface area contributed by atoms with Crippen LogP contribution < -0.4 is 10.6 Å². The van der Waals surface area contributed by atoms with Gasteiger partial charge in [-0.2, -0.15) is 0 Å². The van der Waals surface area contributed by atoms with E-state index in [1.807, 2.05) is 13.8 Å². The Morgan fingerprint density at radius 2 is 1.75 bits per heavy atom. The van der Waals surface area contributed by atoms with Gasteiger partial charge in [-0.15, -0.1) is 0 Å². The zero-order valence-corrected chi connectivity index (χ0v) is 14.8. The minimum atomic E-state index is -1.16. The molecule has 2 atom stereocenters. The van der Waals surface area contributed by atoms with Crippen LogP contribution in [0.25, 0.3) is 0 Å². The Labute approximate surface area is 146 Å². The summed E-state index contributed by atoms with van der Waals surface area (Å²) in [5, 5.41) is 14.9. The third kappa shape index (κ3) is 6.58. The van der Waals surface area contributed by atoms with Crippen LogP contribution in [-0.4, -0.2) is 35.0 Å². The molecular formula is C17H23ClN2O4. The van der Waals surface area contributed by atoms with Crippen LogP contribution in [0.3, 0.4) is 0 Å². The smallest absolute Gasteiger partial charge is 0.326 e. The SMILES string of the molecule is CC(=O)N[C@@H](CC(C)C)C(=O)N[C@@H](Cc1ccccc1Cl)C(=O)O. The van der Waals surface area contributed by atoms with Crippen molar-refractivity contribution in [1.29, 1.82) is 0 Å². The molecule has 0 aliphatic carbocycles. The zero-order valence-electron chi connectivity index (χ0n) is 14.0. The average Bonchev–Trinajstić information content (AvgIpc) is 2.46. The molecule has 0 aliphatic heterocycles. The summed E-state index contributed by atoms with van der Waals surface area (Å²) in [4.78, 5) is 35.1. The molecule has 24 heavy (non-hydrogen) atoms. The lowest BCUT2D eigenvalue weighted by Crippen LogP contribution is -2.52. The van der Waals surface area contributed by atoms with Crippen molar-refractivity contribution in [3.05, 3.63) is 34.9 Å². The van der Waals surface area contributed by atoms with E-state index < -0.39 is 24.0 Å². The van der Waals surface area contributed by atoms with E-state index in [9.17, 15) is 19.5 Å². The average molecular weight is 355 g/mol. The predicted octanol–water partition coefficient (Wildman–Crippen LogP) is 2.00. The summed E-state index contributed by atoms with van der Waals surface area (Å²) in [7, 11) is 0. The quantitative estimate of drug-likeness (QED) is 0.665. The van der Waals surface area contributed by atoms with Gasteiger partial charge in [0.1, 0.15) is 12.1 Å². The van der Waals surface area contributed by atoms with Gasteiger partial charge in [0.2, 0.25) is 11.8 Å². The molecule has 132 valence electrons. The molecule has 2 amide bonds. The Morgan fingerprint density at radius 1 is 1.12 bits per heavy atom. The van der Waals surface area contributed by atoms with Gasteiger partial charge < -0.3 is 15.7 Å². The molecule has 1 rings (SSSR count). The maximum absolute atomic E-state index is 12.4. The maximum Gasteiger partial charge on any atom is 0.326 e. The van der Waals surface area contributed by atoms with Gasteiger partial charge >= 0.3 is 5.97 Å². The van der Waals surface area contributed by atoms with Gasteiger partial charge in [-0.05, 0) is 24.0 Å². The highest BCUT2D eigenvalue weighted by Crippen LogP contribution is 2.17. The molecule has 0 saturated heterocycles. The topological polar surface area (TPSA) is 95.5 Å². The maximum atomic E-state index is 12.4. The molecule has 0 fully saturated rings. The van der Waals surface area contributed by atoms with E-state index in [2.05, 4.69) is 10.6 Å². The summed E-state index contributed by atoms with van der Waals surface area (Å²) in [6.07, 6.45) is 0.485. The van der Waals surface area contributed by atoms with Crippen molar-refractivity contribution in [2.24, 2.45) is 5.92 Å². The summed E-state index contributed by atoms with van der Waals surface area (Å²) in [6, 6.07) is 4.98. The van der Waals surface area contributed by atoms with Crippen molar-refractivity contribution in [2.45, 2.75) is 45.7 Å². The van der Waals surface area contributed by atoms with E-state index in [0.717, 1.165) is 0 Å². The summed E-state index contributed by atoms with van der Waals surface area (Å²) >= 11 is 6.05. The normalized spacial score (nSPS) is 13.2. The number of carboxylic acid groups (broad SMARTS) is 1. The molecule has 0 heterocycles. The number of carbonyl (C=O) groups excluding carboxylic acids is 2. The highest BCUT2D eigenvalue weighted by atomic mass is 35.5. The van der Waals surface area contributed by atoms with Gasteiger partial charge in [-0.1, -0.05) is 43.6 Å². The first-order chi connectivity index (χ1) is 11.2. The highest BCUT2D eigenvalue weighted by Gasteiger charge is 2.27. The second-order valence-corrected chi connectivity index (χ2v) is 6.48. The summed E-state index contributed by atoms with van der Waals surface area (Å²) in [5.41, 5.74) is 0.631. The number of rotatable bonds is 8. The molecule has 1 aromatic carbocycles. The summed E-state index contributed by atoms with van der Waals surface area (Å²) in [6.45, 7) is 5.15. The van der Waals surface area contributed by atoms with Crippen molar-refractivity contribution in [2.75, 3.05) is 0 Å². The third-order valence-corrected chi connectivity index (χ3v) is 3.77. The molecule has 3 N–H and O–H groups in total. The molecule has 0 radical (unpaired) electrons. The number of hydrogen-bond donors (Lipinski definition) is 3. The molecule has 7 heteroatoms. The number of halogens is 1. The molecule has 0 unspecified atom stereocenters. The van der Waals surface area contributed by atoms with Crippen molar-refractivity contribution in [3.63, 3.8) is 0 Å². The number of aliphatic carboxylic acids is 1. The largest absolute Gasteiger partial charge is 0.480 e. The van der Waals surface area contributed by atoms with E-state index in [1.54, 1.807) is 24.3 Å². The highest BCUT2D eigenvalue weighted by molar-refractivity contribution is 6.31. The van der Waals surface area contributed by atoms with Crippen LogP contribution in [0.5, 0.6) is 0 Å². The van der Waals surface area contributed by atoms with Crippen LogP contribution in [0.15, 0.2) is 24.3 Å². The molecule has 6 nitrogen and oxygen atoms in total. The fraction of sp³-hybridized carbons (Fsp3) is 0.471. The Morgan fingerprint density at radius 3 is 2.25 bits per heavy atom. The van der Waals surface area contributed by atoms with E-state index in [1.165, 1.54) is 6.92 Å². The summed E-state index contributed by atoms with van der Waals surface area (Å²) < 4.78 is 0. The Bertz CT molecular complexity index is 604. The standard InChI is InChI=1S/C17H23ClN2O4/c1-10(2)8-14(19-11(3)21)16(22)20-15(17(23)24)9-12-6-4-5-7-13(12)18/h4-7,10,14-15H,8-9H2,1-3H3,(H,19,21)(H,20,22)(H,23,24)/t14-,15-/m0/s1. The first-order valence-electron chi connectivity index (χ1n) is 7.74. The minimum Gasteiger partial charge on any atom is -0.480 e. The first kappa shape index (κ1) is 20.0. The van der Waals surface area contributed by atoms with Gasteiger partial charge in [-0.3, -0.25) is 9.59 Å². The number of carboxylic acids is 1. The van der Waals surface area contributed by atoms with Crippen molar-refractivity contribution in [1.82, 2.24) is 10.6 Å². The number of hydrogen-bond acceptors (Lipinski definition) is 3. The first-order valence-corrected chi connectivity index (χ1v) is 8.12. The number of benzene rings is 1. The van der Waals surface area contributed by atoms with Gasteiger partial charge in [0, 0.05) is 18.4 Å². The second-order valence-electron chi connectivity index (χ2n) is 6.08. The number of amides is 2. The van der Waals surface area contributed by atoms with Gasteiger partial charge in [0.15, 0.2) is 0 Å². The van der Waals surface area contributed by atoms with E-state index in [-0.39, 0.29) is 18.2 Å². The Balaban J connectivity index is 2.85. The second kappa shape index (κ2) is 9.27. The lowest BCUT2D eigenvalue weighted by atomic mass is 10.0. The van der Waals surface area contributed by atoms with Crippen LogP contribution in [0.2, 0.25) is 5.02 Å². The van der Waals surface area contributed by atoms with E-state index in [4.69, 9.17) is 11.6 Å². The molecule has 0 aromatic heterocycles. The van der Waals surface area contributed by atoms with Crippen LogP contribution in [0, 0.1) is 5.92 Å². The van der Waals surface area contributed by atoms with Crippen LogP contribution in [0.1, 0.15) is 32.8 Å². The van der Waals surface area contributed by atoms with Crippen molar-refractivity contribution >= 4 is 29.4 Å². The van der Waals surface area contributed by atoms with Crippen LogP contribution in [0.4, 0.5) is 0 Å². The van der Waals surface area contributed by atoms with E-state index in [0.29, 0.717) is 17.0 Å². The van der Waals surface area contributed by atoms with Crippen molar-refractivity contribution < 1.29 is 19.5 Å². The molecular weight excluding hydrogens is 332 g/mol. The number of carbonyl (C=O) groups is 3. The lowest BCUT2D eigenvalue weighted by molar-refractivity contribution is -0.142. The lowest BCUT2D eigenvalue weighted by Gasteiger charge is -2.22. The zero-order chi connectivity index (χ0) is 18.3. The predicted molar refractivity (Wildman–Crippen MR) is 91.8 cm³/mol. The monoisotopic (exact) mass is 354 g/mol. The molecule has 0 aliphatic rings. The van der Waals surface area contributed by atoms with E-state index >= 15 is 0 Å². The molecule has 1 aromatic rings. The van der Waals surface area contributed by atoms with Gasteiger partial charge in [-0.25, -0.2) is 4.79 Å². The van der Waals surface area contributed by atoms with Crippen LogP contribution in [-0.2, 0) is 20.8 Å². The van der Waals surface area contributed by atoms with Gasteiger partial charge in [0.25, 0.3) is 0 Å². The van der Waals surface area contributed by atoms with Crippen LogP contribution >= 0.6 is 11.6 Å². The Kier molecular flexibility index (Phi) is 7.71. The fourth-order valence-electron chi connectivity index (χ4n) is 2.30. The molecule has 0 spiro atoms. The third-order valence-electron chi connectivity index (χ3n) is 3.40. The Hall–Kier alpha value is -2.08. The number of nitrogens with one attached hydrogen (secondary N) is 2. The molecule has 0 saturated carbocycles. The van der Waals surface area contributed by atoms with Gasteiger partial charge in [0.05, 0.1) is 0 Å². The molecule has 0 bridgehead atoms. The summed E-state index contributed by atoms with van der Waals surface area (Å²) in [5.74, 6) is -1.85. The fourth-order valence-corrected chi connectivity index (χ4v) is 2.52.